The van der Waals surface area contributed by atoms with Crippen LogP contribution in [0.1, 0.15) is 61.5 Å². The fraction of sp³-hybridized carbons (Fsp3) is 0.480. The van der Waals surface area contributed by atoms with Crippen LogP contribution in [0.25, 0.3) is 0 Å². The van der Waals surface area contributed by atoms with E-state index in [1.165, 1.54) is 35.0 Å². The molecule has 0 unspecified atom stereocenters. The fourth-order valence-electron chi connectivity index (χ4n) is 4.62. The van der Waals surface area contributed by atoms with E-state index >= 15 is 0 Å². The Labute approximate surface area is 191 Å². The highest BCUT2D eigenvalue weighted by Crippen LogP contribution is 2.25. The van der Waals surface area contributed by atoms with Crippen molar-refractivity contribution in [3.63, 3.8) is 0 Å². The monoisotopic (exact) mass is 455 g/mol. The van der Waals surface area contributed by atoms with Crippen molar-refractivity contribution in [2.45, 2.75) is 50.5 Å². The summed E-state index contributed by atoms with van der Waals surface area (Å²) in [6.07, 6.45) is 4.32. The van der Waals surface area contributed by atoms with E-state index in [0.29, 0.717) is 18.7 Å². The lowest BCUT2D eigenvalue weighted by molar-refractivity contribution is 0.0939. The van der Waals surface area contributed by atoms with Crippen LogP contribution in [0.4, 0.5) is 5.69 Å². The van der Waals surface area contributed by atoms with Crippen molar-refractivity contribution < 1.29 is 13.2 Å². The molecule has 2 aromatic rings. The number of hydrogen-bond acceptors (Lipinski definition) is 4. The Morgan fingerprint density at radius 3 is 2.25 bits per heavy atom. The molecule has 2 fully saturated rings. The molecule has 0 radical (unpaired) electrons. The highest BCUT2D eigenvalue weighted by Gasteiger charge is 2.27. The summed E-state index contributed by atoms with van der Waals surface area (Å²) in [5, 5.41) is 3.02. The summed E-state index contributed by atoms with van der Waals surface area (Å²) in [6, 6.07) is 14.5. The molecular formula is C25H33N3O3S. The lowest BCUT2D eigenvalue weighted by Crippen LogP contribution is -2.34. The van der Waals surface area contributed by atoms with Gasteiger partial charge in [-0.25, -0.2) is 8.42 Å². The molecule has 1 N–H and O–H groups in total. The zero-order valence-electron chi connectivity index (χ0n) is 19.0. The van der Waals surface area contributed by atoms with E-state index in [0.717, 1.165) is 37.4 Å². The molecule has 2 aromatic carbocycles. The second kappa shape index (κ2) is 9.63. The van der Waals surface area contributed by atoms with Crippen LogP contribution in [0.3, 0.4) is 0 Å². The van der Waals surface area contributed by atoms with Crippen LogP contribution in [-0.4, -0.2) is 44.8 Å². The molecule has 2 saturated heterocycles. The van der Waals surface area contributed by atoms with Crippen LogP contribution in [0.2, 0.25) is 0 Å². The molecule has 0 aliphatic carbocycles. The van der Waals surface area contributed by atoms with E-state index in [9.17, 15) is 13.2 Å². The summed E-state index contributed by atoms with van der Waals surface area (Å²) in [5.41, 5.74) is 2.73. The van der Waals surface area contributed by atoms with Crippen LogP contribution in [-0.2, 0) is 10.0 Å². The van der Waals surface area contributed by atoms with Crippen LogP contribution < -0.4 is 10.2 Å². The number of anilines is 1. The van der Waals surface area contributed by atoms with Gasteiger partial charge in [0, 0.05) is 37.4 Å². The number of sulfonamides is 1. The van der Waals surface area contributed by atoms with Crippen molar-refractivity contribution in [1.29, 1.82) is 0 Å². The van der Waals surface area contributed by atoms with Crippen molar-refractivity contribution >= 4 is 21.6 Å². The maximum Gasteiger partial charge on any atom is 0.251 e. The first kappa shape index (κ1) is 22.8. The molecule has 7 heteroatoms. The maximum absolute atomic E-state index is 12.7. The lowest BCUT2D eigenvalue weighted by atomic mass is 9.99. The number of rotatable bonds is 6. The number of amides is 1. The Morgan fingerprint density at radius 2 is 1.62 bits per heavy atom. The van der Waals surface area contributed by atoms with Gasteiger partial charge in [0.05, 0.1) is 10.9 Å². The first-order valence-electron chi connectivity index (χ1n) is 11.6. The van der Waals surface area contributed by atoms with Gasteiger partial charge in [0.1, 0.15) is 0 Å². The molecule has 0 saturated carbocycles. The second-order valence-corrected chi connectivity index (χ2v) is 11.1. The van der Waals surface area contributed by atoms with Gasteiger partial charge in [-0.3, -0.25) is 4.79 Å². The number of carbonyl (C=O) groups excluding carboxylic acids is 1. The van der Waals surface area contributed by atoms with Crippen LogP contribution in [0, 0.1) is 5.92 Å². The fourth-order valence-corrected chi connectivity index (χ4v) is 6.13. The molecular weight excluding hydrogens is 422 g/mol. The normalized spacial score (nSPS) is 20.8. The molecule has 1 amide bonds. The summed E-state index contributed by atoms with van der Waals surface area (Å²) in [6.45, 7) is 7.58. The molecule has 32 heavy (non-hydrogen) atoms. The minimum Gasteiger partial charge on any atom is -0.371 e. The third-order valence-electron chi connectivity index (χ3n) is 6.58. The maximum atomic E-state index is 12.7. The Kier molecular flexibility index (Phi) is 6.86. The topological polar surface area (TPSA) is 69.7 Å². The van der Waals surface area contributed by atoms with Gasteiger partial charge in [-0.1, -0.05) is 19.1 Å². The molecule has 2 heterocycles. The molecule has 0 spiro atoms. The van der Waals surface area contributed by atoms with E-state index < -0.39 is 10.0 Å². The standard InChI is InChI=1S/C25H33N3O3S/c1-19-6-5-15-27(18-19)23-11-7-21(8-12-23)20(2)26-25(29)22-9-13-24(14-10-22)32(30,31)28-16-3-4-17-28/h7-14,19-20H,3-6,15-18H2,1-2H3,(H,26,29)/t19-,20-/m0/s1. The Hall–Kier alpha value is -2.38. The Morgan fingerprint density at radius 1 is 0.969 bits per heavy atom. The minimum absolute atomic E-state index is 0.148. The smallest absolute Gasteiger partial charge is 0.251 e. The van der Waals surface area contributed by atoms with Gasteiger partial charge >= 0.3 is 0 Å². The van der Waals surface area contributed by atoms with Crippen LogP contribution in [0.15, 0.2) is 53.4 Å². The second-order valence-electron chi connectivity index (χ2n) is 9.12. The summed E-state index contributed by atoms with van der Waals surface area (Å²) in [5.74, 6) is 0.509. The van der Waals surface area contributed by atoms with Gasteiger partial charge in [0.2, 0.25) is 10.0 Å². The summed E-state index contributed by atoms with van der Waals surface area (Å²) in [7, 11) is -3.47. The molecule has 2 aliphatic heterocycles. The van der Waals surface area contributed by atoms with Gasteiger partial charge in [-0.05, 0) is 80.5 Å². The molecule has 2 atom stereocenters. The Balaban J connectivity index is 1.38. The molecule has 0 bridgehead atoms. The minimum atomic E-state index is -3.47. The van der Waals surface area contributed by atoms with E-state index in [1.54, 1.807) is 12.1 Å². The summed E-state index contributed by atoms with van der Waals surface area (Å²) in [4.78, 5) is 15.4. The van der Waals surface area contributed by atoms with Gasteiger partial charge in [0.25, 0.3) is 5.91 Å². The zero-order valence-corrected chi connectivity index (χ0v) is 19.8. The van der Waals surface area contributed by atoms with Gasteiger partial charge < -0.3 is 10.2 Å². The first-order valence-corrected chi connectivity index (χ1v) is 13.0. The van der Waals surface area contributed by atoms with Crippen molar-refractivity contribution in [2.75, 3.05) is 31.1 Å². The van der Waals surface area contributed by atoms with Crippen LogP contribution in [0.5, 0.6) is 0 Å². The predicted molar refractivity (Wildman–Crippen MR) is 127 cm³/mol. The quantitative estimate of drug-likeness (QED) is 0.709. The van der Waals surface area contributed by atoms with Crippen molar-refractivity contribution in [3.05, 3.63) is 59.7 Å². The summed E-state index contributed by atoms with van der Waals surface area (Å²) >= 11 is 0. The number of piperidine rings is 1. The molecule has 6 nitrogen and oxygen atoms in total. The zero-order chi connectivity index (χ0) is 22.7. The Bertz CT molecular complexity index is 1030. The third kappa shape index (κ3) is 4.99. The van der Waals surface area contributed by atoms with Crippen LogP contribution >= 0.6 is 0 Å². The van der Waals surface area contributed by atoms with E-state index in [1.807, 2.05) is 6.92 Å². The SMILES string of the molecule is C[C@H]1CCCN(c2ccc([C@H](C)NC(=O)c3ccc(S(=O)(=O)N4CCCC4)cc3)cc2)C1. The van der Waals surface area contributed by atoms with E-state index in [4.69, 9.17) is 0 Å². The van der Waals surface area contributed by atoms with Crippen molar-refractivity contribution in [2.24, 2.45) is 5.92 Å². The number of nitrogens with one attached hydrogen (secondary N) is 1. The molecule has 0 aromatic heterocycles. The number of benzene rings is 2. The third-order valence-corrected chi connectivity index (χ3v) is 8.50. The average Bonchev–Trinajstić information content (AvgIpc) is 3.35. The number of hydrogen-bond donors (Lipinski definition) is 1. The van der Waals surface area contributed by atoms with Gasteiger partial charge in [-0.2, -0.15) is 4.31 Å². The number of nitrogens with zero attached hydrogens (tertiary/aromatic N) is 2. The average molecular weight is 456 g/mol. The van der Waals surface area contributed by atoms with Gasteiger partial charge in [0.15, 0.2) is 0 Å². The first-order chi connectivity index (χ1) is 15.3. The number of carbonyl (C=O) groups is 1. The molecule has 172 valence electrons. The summed E-state index contributed by atoms with van der Waals surface area (Å²) < 4.78 is 26.8. The lowest BCUT2D eigenvalue weighted by Gasteiger charge is -2.33. The van der Waals surface area contributed by atoms with Crippen molar-refractivity contribution in [1.82, 2.24) is 9.62 Å². The van der Waals surface area contributed by atoms with E-state index in [-0.39, 0.29) is 16.8 Å². The van der Waals surface area contributed by atoms with Gasteiger partial charge in [-0.15, -0.1) is 0 Å². The largest absolute Gasteiger partial charge is 0.371 e. The predicted octanol–water partition coefficient (Wildman–Crippen LogP) is 4.20. The highest BCUT2D eigenvalue weighted by molar-refractivity contribution is 7.89. The molecule has 2 aliphatic rings. The highest BCUT2D eigenvalue weighted by atomic mass is 32.2. The van der Waals surface area contributed by atoms with Crippen molar-refractivity contribution in [3.8, 4) is 0 Å². The molecule has 4 rings (SSSR count). The van der Waals surface area contributed by atoms with E-state index in [2.05, 4.69) is 41.4 Å².